The van der Waals surface area contributed by atoms with Crippen LogP contribution in [-0.2, 0) is 17.8 Å². The summed E-state index contributed by atoms with van der Waals surface area (Å²) in [7, 11) is 0. The van der Waals surface area contributed by atoms with Crippen LogP contribution in [-0.4, -0.2) is 25.7 Å². The van der Waals surface area contributed by atoms with Gasteiger partial charge in [0.1, 0.15) is 18.0 Å². The van der Waals surface area contributed by atoms with Crippen molar-refractivity contribution in [2.75, 3.05) is 19.8 Å². The van der Waals surface area contributed by atoms with Gasteiger partial charge in [0.15, 0.2) is 19.0 Å². The molecule has 1 N–H and O–H groups in total. The first kappa shape index (κ1) is 33.5. The number of halogens is 2. The molecule has 1 aromatic heterocycles. The summed E-state index contributed by atoms with van der Waals surface area (Å²) in [5, 5.41) is 3.42. The van der Waals surface area contributed by atoms with Crippen LogP contribution in [0.1, 0.15) is 90.0 Å². The summed E-state index contributed by atoms with van der Waals surface area (Å²) in [5.41, 5.74) is 1.20. The van der Waals surface area contributed by atoms with Crippen molar-refractivity contribution >= 4 is 17.5 Å². The molecule has 0 spiro atoms. The van der Waals surface area contributed by atoms with Crippen LogP contribution < -0.4 is 43.3 Å². The number of benzene rings is 1. The van der Waals surface area contributed by atoms with Crippen LogP contribution in [0.5, 0.6) is 11.5 Å². The molecule has 0 radical (unpaired) electrons. The highest BCUT2D eigenvalue weighted by atomic mass is 127. The molecule has 1 heterocycles. The second kappa shape index (κ2) is 21.4. The number of aryl methyl sites for hydroxylation is 1. The highest BCUT2D eigenvalue weighted by Gasteiger charge is 2.08. The molecule has 1 amide bonds. The molecule has 37 heavy (non-hydrogen) atoms. The largest absolute Gasteiger partial charge is 1.00 e. The van der Waals surface area contributed by atoms with Gasteiger partial charge in [0.25, 0.3) is 5.91 Å². The molecule has 208 valence electrons. The van der Waals surface area contributed by atoms with E-state index in [4.69, 9.17) is 21.1 Å². The lowest BCUT2D eigenvalue weighted by molar-refractivity contribution is -0.697. The van der Waals surface area contributed by atoms with Crippen LogP contribution in [0.3, 0.4) is 0 Å². The zero-order valence-corrected chi connectivity index (χ0v) is 25.7. The second-order valence-corrected chi connectivity index (χ2v) is 9.87. The summed E-state index contributed by atoms with van der Waals surface area (Å²) < 4.78 is 13.6. The molecule has 7 heteroatoms. The Hall–Kier alpha value is -1.54. The molecule has 2 aromatic rings. The second-order valence-electron chi connectivity index (χ2n) is 9.46. The third kappa shape index (κ3) is 15.5. The number of pyridine rings is 1. The van der Waals surface area contributed by atoms with Gasteiger partial charge in [-0.25, -0.2) is 4.57 Å². The number of ether oxygens (including phenoxy) is 2. The third-order valence-electron chi connectivity index (χ3n) is 6.17. The first-order valence-electron chi connectivity index (χ1n) is 13.9. The van der Waals surface area contributed by atoms with Gasteiger partial charge in [-0.3, -0.25) is 4.79 Å². The quantitative estimate of drug-likeness (QED) is 0.134. The van der Waals surface area contributed by atoms with Crippen LogP contribution in [0.4, 0.5) is 0 Å². The van der Waals surface area contributed by atoms with Crippen molar-refractivity contribution < 1.29 is 42.8 Å². The molecule has 0 saturated carbocycles. The SMILES string of the molecule is CCCCCCCCCCCCOc1ccc(OCC(=O)NCCc2ccc[n+](CCC)c2)cc1Cl.[I-]. The Labute approximate surface area is 246 Å². The highest BCUT2D eigenvalue weighted by molar-refractivity contribution is 6.32. The fourth-order valence-corrected chi connectivity index (χ4v) is 4.35. The summed E-state index contributed by atoms with van der Waals surface area (Å²) in [6, 6.07) is 9.44. The average molecular weight is 645 g/mol. The van der Waals surface area contributed by atoms with Crippen molar-refractivity contribution in [2.45, 2.75) is 97.4 Å². The molecule has 0 aliphatic heterocycles. The summed E-state index contributed by atoms with van der Waals surface area (Å²) in [6.07, 6.45) is 19.1. The van der Waals surface area contributed by atoms with Crippen molar-refractivity contribution in [1.29, 1.82) is 0 Å². The van der Waals surface area contributed by atoms with Crippen LogP contribution in [0.15, 0.2) is 42.7 Å². The number of hydrogen-bond acceptors (Lipinski definition) is 3. The first-order valence-corrected chi connectivity index (χ1v) is 14.3. The number of aromatic nitrogens is 1. The van der Waals surface area contributed by atoms with Gasteiger partial charge in [0, 0.05) is 30.7 Å². The van der Waals surface area contributed by atoms with Crippen molar-refractivity contribution in [1.82, 2.24) is 5.32 Å². The van der Waals surface area contributed by atoms with Gasteiger partial charge in [-0.05, 0) is 31.0 Å². The molecule has 0 unspecified atom stereocenters. The minimum Gasteiger partial charge on any atom is -1.00 e. The Morgan fingerprint density at radius 3 is 2.30 bits per heavy atom. The minimum absolute atomic E-state index is 0. The summed E-state index contributed by atoms with van der Waals surface area (Å²) in [4.78, 5) is 12.2. The number of unbranched alkanes of at least 4 members (excludes halogenated alkanes) is 9. The topological polar surface area (TPSA) is 51.4 Å². The molecular formula is C30H46ClIN2O3. The van der Waals surface area contributed by atoms with Gasteiger partial charge in [-0.15, -0.1) is 0 Å². The smallest absolute Gasteiger partial charge is 0.257 e. The van der Waals surface area contributed by atoms with Crippen molar-refractivity contribution in [3.8, 4) is 11.5 Å². The standard InChI is InChI=1S/C30H45ClN2O3.HI/c1-3-5-6-7-8-9-10-11-12-13-22-35-29-17-16-27(23-28(29)31)36-25-30(34)32-19-18-26-15-14-21-33(24-26)20-4-2;/h14-17,21,23-24H,3-13,18-20,22,25H2,1-2H3;1H. The molecule has 0 saturated heterocycles. The normalized spacial score (nSPS) is 10.6. The monoisotopic (exact) mass is 644 g/mol. The maximum atomic E-state index is 12.2. The van der Waals surface area contributed by atoms with E-state index in [1.54, 1.807) is 12.1 Å². The van der Waals surface area contributed by atoms with Crippen LogP contribution in [0, 0.1) is 0 Å². The Bertz CT molecular complexity index is 882. The average Bonchev–Trinajstić information content (AvgIpc) is 2.87. The van der Waals surface area contributed by atoms with Crippen LogP contribution >= 0.6 is 11.6 Å². The van der Waals surface area contributed by atoms with E-state index in [0.717, 1.165) is 25.8 Å². The Kier molecular flexibility index (Phi) is 19.4. The number of nitrogens with zero attached hydrogens (tertiary/aromatic N) is 1. The van der Waals surface area contributed by atoms with Crippen molar-refractivity contribution in [3.05, 3.63) is 53.3 Å². The van der Waals surface area contributed by atoms with E-state index < -0.39 is 0 Å². The predicted octanol–water partition coefficient (Wildman–Crippen LogP) is 4.08. The van der Waals surface area contributed by atoms with Gasteiger partial charge in [0.2, 0.25) is 0 Å². The van der Waals surface area contributed by atoms with Crippen LogP contribution in [0.25, 0.3) is 0 Å². The van der Waals surface area contributed by atoms with E-state index in [9.17, 15) is 4.79 Å². The maximum Gasteiger partial charge on any atom is 0.257 e. The molecule has 5 nitrogen and oxygen atoms in total. The molecule has 0 bridgehead atoms. The van der Waals surface area contributed by atoms with Crippen LogP contribution in [0.2, 0.25) is 5.02 Å². The Morgan fingerprint density at radius 1 is 0.919 bits per heavy atom. The zero-order valence-electron chi connectivity index (χ0n) is 22.8. The number of hydrogen-bond donors (Lipinski definition) is 1. The molecule has 0 aliphatic carbocycles. The molecule has 1 aromatic carbocycles. The van der Waals surface area contributed by atoms with E-state index >= 15 is 0 Å². The Morgan fingerprint density at radius 2 is 1.62 bits per heavy atom. The number of rotatable bonds is 20. The molecule has 0 aliphatic rings. The van der Waals surface area contributed by atoms with Gasteiger partial charge in [0.05, 0.1) is 11.6 Å². The highest BCUT2D eigenvalue weighted by Crippen LogP contribution is 2.29. The maximum absolute atomic E-state index is 12.2. The van der Waals surface area contributed by atoms with Gasteiger partial charge >= 0.3 is 0 Å². The van der Waals surface area contributed by atoms with E-state index in [0.29, 0.717) is 29.7 Å². The molecule has 0 atom stereocenters. The van der Waals surface area contributed by atoms with Gasteiger partial charge in [-0.1, -0.05) is 83.2 Å². The summed E-state index contributed by atoms with van der Waals surface area (Å²) in [5.74, 6) is 1.07. The van der Waals surface area contributed by atoms with E-state index in [-0.39, 0.29) is 36.5 Å². The number of carbonyl (C=O) groups is 1. The molecule has 2 rings (SSSR count). The third-order valence-corrected chi connectivity index (χ3v) is 6.46. The molecule has 0 fully saturated rings. The summed E-state index contributed by atoms with van der Waals surface area (Å²) >= 11 is 6.36. The van der Waals surface area contributed by atoms with Crippen molar-refractivity contribution in [3.63, 3.8) is 0 Å². The number of nitrogens with one attached hydrogen (secondary N) is 1. The van der Waals surface area contributed by atoms with E-state index in [2.05, 4.69) is 42.2 Å². The zero-order chi connectivity index (χ0) is 25.8. The lowest BCUT2D eigenvalue weighted by Gasteiger charge is -2.11. The fraction of sp³-hybridized carbons (Fsp3) is 0.600. The fourth-order valence-electron chi connectivity index (χ4n) is 4.13. The van der Waals surface area contributed by atoms with Gasteiger partial charge < -0.3 is 38.8 Å². The Balaban J connectivity index is 0.00000684. The predicted molar refractivity (Wildman–Crippen MR) is 148 cm³/mol. The van der Waals surface area contributed by atoms with Gasteiger partial charge in [-0.2, -0.15) is 0 Å². The van der Waals surface area contributed by atoms with Crippen molar-refractivity contribution in [2.24, 2.45) is 0 Å². The van der Waals surface area contributed by atoms with E-state index in [1.807, 2.05) is 12.1 Å². The number of carbonyl (C=O) groups excluding carboxylic acids is 1. The lowest BCUT2D eigenvalue weighted by Crippen LogP contribution is -3.00. The number of amides is 1. The lowest BCUT2D eigenvalue weighted by atomic mass is 10.1. The van der Waals surface area contributed by atoms with E-state index in [1.165, 1.54) is 63.4 Å². The first-order chi connectivity index (χ1) is 17.6. The minimum atomic E-state index is -0.148. The molecular weight excluding hydrogens is 599 g/mol. The summed E-state index contributed by atoms with van der Waals surface area (Å²) in [6.45, 7) is 6.62.